The van der Waals surface area contributed by atoms with Crippen LogP contribution in [0.15, 0.2) is 23.4 Å². The van der Waals surface area contributed by atoms with E-state index in [9.17, 15) is 4.79 Å². The summed E-state index contributed by atoms with van der Waals surface area (Å²) < 4.78 is 5.22. The standard InChI is InChI=1S/C14H19N5O2S/c1-9-4-5-12(21-3)11(8-9)17-13(20)15-6-7-22-14-16-10(2)18-19-14/h4-5,8H,6-7H2,1-3H3,(H2,15,17,20)(H,16,18,19). The maximum absolute atomic E-state index is 11.9. The van der Waals surface area contributed by atoms with Crippen molar-refractivity contribution in [2.24, 2.45) is 0 Å². The van der Waals surface area contributed by atoms with E-state index in [0.29, 0.717) is 28.9 Å². The molecule has 0 spiro atoms. The van der Waals surface area contributed by atoms with Gasteiger partial charge in [-0.3, -0.25) is 5.10 Å². The van der Waals surface area contributed by atoms with Gasteiger partial charge in [0.05, 0.1) is 12.8 Å². The predicted molar refractivity (Wildman–Crippen MR) is 86.6 cm³/mol. The zero-order valence-electron chi connectivity index (χ0n) is 12.8. The number of urea groups is 1. The van der Waals surface area contributed by atoms with Crippen molar-refractivity contribution in [3.05, 3.63) is 29.6 Å². The van der Waals surface area contributed by atoms with E-state index in [4.69, 9.17) is 4.74 Å². The van der Waals surface area contributed by atoms with Crippen molar-refractivity contribution in [3.8, 4) is 5.75 Å². The summed E-state index contributed by atoms with van der Waals surface area (Å²) in [5, 5.41) is 13.0. The largest absolute Gasteiger partial charge is 0.495 e. The third-order valence-corrected chi connectivity index (χ3v) is 3.65. The van der Waals surface area contributed by atoms with Crippen LogP contribution in [0.3, 0.4) is 0 Å². The van der Waals surface area contributed by atoms with Crippen LogP contribution in [-0.2, 0) is 0 Å². The van der Waals surface area contributed by atoms with Crippen LogP contribution in [0.4, 0.5) is 10.5 Å². The van der Waals surface area contributed by atoms with Crippen molar-refractivity contribution < 1.29 is 9.53 Å². The Morgan fingerprint density at radius 2 is 2.23 bits per heavy atom. The van der Waals surface area contributed by atoms with Crippen LogP contribution in [0.1, 0.15) is 11.4 Å². The first-order valence-electron chi connectivity index (χ1n) is 6.80. The molecule has 8 heteroatoms. The number of nitrogens with zero attached hydrogens (tertiary/aromatic N) is 2. The van der Waals surface area contributed by atoms with Gasteiger partial charge in [-0.15, -0.1) is 5.10 Å². The number of thioether (sulfide) groups is 1. The molecule has 2 amide bonds. The molecule has 0 unspecified atom stereocenters. The minimum Gasteiger partial charge on any atom is -0.495 e. The summed E-state index contributed by atoms with van der Waals surface area (Å²) in [4.78, 5) is 16.1. The number of rotatable bonds is 6. The van der Waals surface area contributed by atoms with Crippen molar-refractivity contribution in [2.45, 2.75) is 19.0 Å². The predicted octanol–water partition coefficient (Wildman–Crippen LogP) is 2.34. The fourth-order valence-corrected chi connectivity index (χ4v) is 2.48. The molecule has 7 nitrogen and oxygen atoms in total. The van der Waals surface area contributed by atoms with Gasteiger partial charge in [0.2, 0.25) is 5.16 Å². The van der Waals surface area contributed by atoms with E-state index in [1.54, 1.807) is 7.11 Å². The molecule has 3 N–H and O–H groups in total. The van der Waals surface area contributed by atoms with E-state index >= 15 is 0 Å². The van der Waals surface area contributed by atoms with Crippen molar-refractivity contribution >= 4 is 23.5 Å². The Bertz CT molecular complexity index is 644. The molecule has 0 bridgehead atoms. The van der Waals surface area contributed by atoms with E-state index in [2.05, 4.69) is 25.8 Å². The Labute approximate surface area is 133 Å². The molecule has 0 saturated carbocycles. The van der Waals surface area contributed by atoms with Crippen LogP contribution in [0.25, 0.3) is 0 Å². The molecule has 1 heterocycles. The number of methoxy groups -OCH3 is 1. The highest BCUT2D eigenvalue weighted by atomic mass is 32.2. The molecule has 0 saturated heterocycles. The zero-order chi connectivity index (χ0) is 15.9. The highest BCUT2D eigenvalue weighted by molar-refractivity contribution is 7.99. The van der Waals surface area contributed by atoms with Crippen molar-refractivity contribution in [1.82, 2.24) is 20.5 Å². The minimum atomic E-state index is -0.268. The molecule has 0 radical (unpaired) electrons. The highest BCUT2D eigenvalue weighted by Gasteiger charge is 2.07. The molecule has 0 fully saturated rings. The number of aromatic nitrogens is 3. The van der Waals surface area contributed by atoms with Gasteiger partial charge in [0, 0.05) is 12.3 Å². The summed E-state index contributed by atoms with van der Waals surface area (Å²) in [6, 6.07) is 5.35. The fourth-order valence-electron chi connectivity index (χ4n) is 1.78. The summed E-state index contributed by atoms with van der Waals surface area (Å²) in [7, 11) is 1.57. The second-order valence-electron chi connectivity index (χ2n) is 4.64. The molecule has 0 aliphatic rings. The first-order valence-corrected chi connectivity index (χ1v) is 7.78. The van der Waals surface area contributed by atoms with E-state index in [0.717, 1.165) is 11.4 Å². The van der Waals surface area contributed by atoms with Crippen LogP contribution in [0, 0.1) is 13.8 Å². The van der Waals surface area contributed by atoms with Crippen molar-refractivity contribution in [1.29, 1.82) is 0 Å². The number of anilines is 1. The number of carbonyl (C=O) groups is 1. The Hall–Kier alpha value is -2.22. The molecule has 1 aromatic heterocycles. The number of carbonyl (C=O) groups excluding carboxylic acids is 1. The van der Waals surface area contributed by atoms with Gasteiger partial charge >= 0.3 is 6.03 Å². The van der Waals surface area contributed by atoms with Gasteiger partial charge in [-0.1, -0.05) is 17.8 Å². The zero-order valence-corrected chi connectivity index (χ0v) is 13.6. The maximum atomic E-state index is 11.9. The molecular formula is C14H19N5O2S. The van der Waals surface area contributed by atoms with Gasteiger partial charge in [-0.2, -0.15) is 0 Å². The van der Waals surface area contributed by atoms with E-state index in [1.165, 1.54) is 11.8 Å². The summed E-state index contributed by atoms with van der Waals surface area (Å²) >= 11 is 1.48. The van der Waals surface area contributed by atoms with E-state index in [1.807, 2.05) is 32.0 Å². The number of hydrogen-bond donors (Lipinski definition) is 3. The number of amides is 2. The Morgan fingerprint density at radius 3 is 2.91 bits per heavy atom. The molecule has 0 aliphatic carbocycles. The normalized spacial score (nSPS) is 10.3. The Morgan fingerprint density at radius 1 is 1.41 bits per heavy atom. The number of benzene rings is 1. The fraction of sp³-hybridized carbons (Fsp3) is 0.357. The molecular weight excluding hydrogens is 302 g/mol. The SMILES string of the molecule is COc1ccc(C)cc1NC(=O)NCCSc1n[nH]c(C)n1. The third-order valence-electron chi connectivity index (χ3n) is 2.80. The summed E-state index contributed by atoms with van der Waals surface area (Å²) in [6.07, 6.45) is 0. The Kier molecular flexibility index (Phi) is 5.65. The average Bonchev–Trinajstić information content (AvgIpc) is 2.89. The second-order valence-corrected chi connectivity index (χ2v) is 5.70. The molecule has 118 valence electrons. The molecule has 0 atom stereocenters. The van der Waals surface area contributed by atoms with Gasteiger partial charge < -0.3 is 15.4 Å². The molecule has 22 heavy (non-hydrogen) atoms. The second kappa shape index (κ2) is 7.69. The van der Waals surface area contributed by atoms with Crippen molar-refractivity contribution in [2.75, 3.05) is 24.7 Å². The maximum Gasteiger partial charge on any atom is 0.319 e. The number of aromatic amines is 1. The third kappa shape index (κ3) is 4.66. The minimum absolute atomic E-state index is 0.268. The van der Waals surface area contributed by atoms with Crippen LogP contribution in [0.5, 0.6) is 5.75 Å². The van der Waals surface area contributed by atoms with E-state index in [-0.39, 0.29) is 6.03 Å². The lowest BCUT2D eigenvalue weighted by Crippen LogP contribution is -2.30. The monoisotopic (exact) mass is 321 g/mol. The molecule has 2 aromatic rings. The van der Waals surface area contributed by atoms with Gasteiger partial charge in [-0.25, -0.2) is 9.78 Å². The molecule has 2 rings (SSSR count). The molecule has 0 aliphatic heterocycles. The lowest BCUT2D eigenvalue weighted by molar-refractivity contribution is 0.252. The van der Waals surface area contributed by atoms with Crippen molar-refractivity contribution in [3.63, 3.8) is 0 Å². The Balaban J connectivity index is 1.77. The topological polar surface area (TPSA) is 91.9 Å². The quantitative estimate of drug-likeness (QED) is 0.561. The number of ether oxygens (including phenoxy) is 1. The van der Waals surface area contributed by atoms with Crippen LogP contribution in [-0.4, -0.2) is 40.6 Å². The first kappa shape index (κ1) is 16.2. The number of hydrogen-bond acceptors (Lipinski definition) is 5. The van der Waals surface area contributed by atoms with Gasteiger partial charge in [0.1, 0.15) is 11.6 Å². The number of H-pyrrole nitrogens is 1. The molecule has 1 aromatic carbocycles. The van der Waals surface area contributed by atoms with Crippen LogP contribution in [0.2, 0.25) is 0 Å². The van der Waals surface area contributed by atoms with Gasteiger partial charge in [-0.05, 0) is 31.5 Å². The van der Waals surface area contributed by atoms with E-state index < -0.39 is 0 Å². The lowest BCUT2D eigenvalue weighted by atomic mass is 10.2. The number of aryl methyl sites for hydroxylation is 2. The summed E-state index contributed by atoms with van der Waals surface area (Å²) in [5.41, 5.74) is 1.70. The summed E-state index contributed by atoms with van der Waals surface area (Å²) in [6.45, 7) is 4.31. The number of nitrogens with one attached hydrogen (secondary N) is 3. The summed E-state index contributed by atoms with van der Waals surface area (Å²) in [5.74, 6) is 2.10. The smallest absolute Gasteiger partial charge is 0.319 e. The van der Waals surface area contributed by atoms with Crippen LogP contribution >= 0.6 is 11.8 Å². The van der Waals surface area contributed by atoms with Gasteiger partial charge in [0.15, 0.2) is 0 Å². The highest BCUT2D eigenvalue weighted by Crippen LogP contribution is 2.24. The average molecular weight is 321 g/mol. The van der Waals surface area contributed by atoms with Crippen LogP contribution < -0.4 is 15.4 Å². The van der Waals surface area contributed by atoms with Gasteiger partial charge in [0.25, 0.3) is 0 Å². The first-order chi connectivity index (χ1) is 10.6. The lowest BCUT2D eigenvalue weighted by Gasteiger charge is -2.11.